The largest absolute Gasteiger partial charge is 0.493 e. The summed E-state index contributed by atoms with van der Waals surface area (Å²) in [6.07, 6.45) is 1.90. The average molecular weight is 313 g/mol. The molecular weight excluding hydrogens is 294 g/mol. The van der Waals surface area contributed by atoms with Crippen molar-refractivity contribution in [3.8, 4) is 5.75 Å². The minimum Gasteiger partial charge on any atom is -0.493 e. The molecule has 0 atom stereocenters. The van der Waals surface area contributed by atoms with E-state index in [0.29, 0.717) is 23.5 Å². The Balaban J connectivity index is 2.14. The fourth-order valence-corrected chi connectivity index (χ4v) is 1.95. The Labute approximate surface area is 135 Å². The molecule has 0 radical (unpaired) electrons. The van der Waals surface area contributed by atoms with Crippen LogP contribution in [-0.2, 0) is 4.74 Å². The molecule has 0 heterocycles. The van der Waals surface area contributed by atoms with Gasteiger partial charge in [-0.3, -0.25) is 0 Å². The summed E-state index contributed by atoms with van der Waals surface area (Å²) in [5, 5.41) is 12.2. The number of oxime groups is 1. The van der Waals surface area contributed by atoms with Crippen LogP contribution in [0.2, 0.25) is 0 Å². The Morgan fingerprint density at radius 1 is 1.09 bits per heavy atom. The van der Waals surface area contributed by atoms with E-state index in [2.05, 4.69) is 12.1 Å². The van der Waals surface area contributed by atoms with E-state index in [0.717, 1.165) is 12.8 Å². The van der Waals surface area contributed by atoms with Gasteiger partial charge in [-0.05, 0) is 35.8 Å². The van der Waals surface area contributed by atoms with Crippen molar-refractivity contribution < 1.29 is 19.5 Å². The van der Waals surface area contributed by atoms with Crippen LogP contribution in [0.4, 0.5) is 0 Å². The summed E-state index contributed by atoms with van der Waals surface area (Å²) < 4.78 is 10.8. The van der Waals surface area contributed by atoms with Gasteiger partial charge in [0.2, 0.25) is 0 Å². The van der Waals surface area contributed by atoms with Gasteiger partial charge in [0.25, 0.3) is 5.90 Å². The molecule has 1 N–H and O–H groups in total. The molecule has 0 aliphatic rings. The second kappa shape index (κ2) is 8.58. The van der Waals surface area contributed by atoms with Gasteiger partial charge in [-0.15, -0.1) is 0 Å². The Hall–Kier alpha value is -2.82. The number of ether oxygens (including phenoxy) is 2. The highest BCUT2D eigenvalue weighted by Gasteiger charge is 2.17. The van der Waals surface area contributed by atoms with Crippen LogP contribution in [0, 0.1) is 0 Å². The third-order valence-corrected chi connectivity index (χ3v) is 3.16. The van der Waals surface area contributed by atoms with E-state index in [1.54, 1.807) is 48.5 Å². The standard InChI is InChI=1S/C18H19NO4/c1-2-3-13-22-16-12-8-7-11-15(16)18(20)23-17(19-21)14-9-5-4-6-10-14/h4-12,21H,2-3,13H2,1H3. The molecular formula is C18H19NO4. The van der Waals surface area contributed by atoms with E-state index in [1.165, 1.54) is 0 Å². The molecule has 0 amide bonds. The molecule has 5 heteroatoms. The average Bonchev–Trinajstić information content (AvgIpc) is 2.61. The first kappa shape index (κ1) is 16.5. The lowest BCUT2D eigenvalue weighted by Crippen LogP contribution is -2.15. The van der Waals surface area contributed by atoms with Crippen LogP contribution >= 0.6 is 0 Å². The molecule has 0 bridgehead atoms. The van der Waals surface area contributed by atoms with Crippen molar-refractivity contribution in [3.63, 3.8) is 0 Å². The number of benzene rings is 2. The highest BCUT2D eigenvalue weighted by molar-refractivity contribution is 6.05. The van der Waals surface area contributed by atoms with Gasteiger partial charge in [0, 0.05) is 5.56 Å². The zero-order chi connectivity index (χ0) is 16.5. The summed E-state index contributed by atoms with van der Waals surface area (Å²) in [5.41, 5.74) is 0.799. The van der Waals surface area contributed by atoms with Crippen molar-refractivity contribution in [3.05, 3.63) is 65.7 Å². The quantitative estimate of drug-likeness (QED) is 0.220. The number of nitrogens with zero attached hydrogens (tertiary/aromatic N) is 1. The predicted molar refractivity (Wildman–Crippen MR) is 87.0 cm³/mol. The molecule has 0 aromatic heterocycles. The lowest BCUT2D eigenvalue weighted by molar-refractivity contribution is 0.0704. The second-order valence-corrected chi connectivity index (χ2v) is 4.86. The normalized spacial score (nSPS) is 11.1. The van der Waals surface area contributed by atoms with Gasteiger partial charge in [-0.1, -0.05) is 43.7 Å². The number of rotatable bonds is 6. The lowest BCUT2D eigenvalue weighted by Gasteiger charge is -2.11. The number of unbranched alkanes of at least 4 members (excludes halogenated alkanes) is 1. The summed E-state index contributed by atoms with van der Waals surface area (Å²) in [5.74, 6) is -0.330. The molecule has 0 saturated carbocycles. The second-order valence-electron chi connectivity index (χ2n) is 4.86. The molecule has 5 nitrogen and oxygen atoms in total. The Morgan fingerprint density at radius 3 is 2.48 bits per heavy atom. The molecule has 23 heavy (non-hydrogen) atoms. The van der Waals surface area contributed by atoms with Crippen LogP contribution in [0.3, 0.4) is 0 Å². The minimum atomic E-state index is -0.631. The SMILES string of the molecule is CCCCOc1ccccc1C(=O)OC(=NO)c1ccccc1. The maximum Gasteiger partial charge on any atom is 0.348 e. The summed E-state index contributed by atoms with van der Waals surface area (Å²) >= 11 is 0. The molecule has 2 aromatic carbocycles. The number of carbonyl (C=O) groups excluding carboxylic acids is 1. The van der Waals surface area contributed by atoms with Gasteiger partial charge in [-0.2, -0.15) is 0 Å². The topological polar surface area (TPSA) is 68.1 Å². The Bertz CT molecular complexity index is 668. The van der Waals surface area contributed by atoms with Crippen LogP contribution in [0.25, 0.3) is 0 Å². The number of carbonyl (C=O) groups is 1. The van der Waals surface area contributed by atoms with E-state index in [4.69, 9.17) is 14.7 Å². The lowest BCUT2D eigenvalue weighted by atomic mass is 10.2. The third kappa shape index (κ3) is 4.57. The smallest absolute Gasteiger partial charge is 0.348 e. The first-order chi connectivity index (χ1) is 11.3. The van der Waals surface area contributed by atoms with E-state index >= 15 is 0 Å². The molecule has 120 valence electrons. The highest BCUT2D eigenvalue weighted by Crippen LogP contribution is 2.20. The number of hydrogen-bond donors (Lipinski definition) is 1. The fraction of sp³-hybridized carbons (Fsp3) is 0.222. The predicted octanol–water partition coefficient (Wildman–Crippen LogP) is 3.86. The first-order valence-electron chi connectivity index (χ1n) is 7.47. The van der Waals surface area contributed by atoms with Crippen molar-refractivity contribution in [2.75, 3.05) is 6.61 Å². The summed E-state index contributed by atoms with van der Waals surface area (Å²) in [4.78, 5) is 12.3. The zero-order valence-corrected chi connectivity index (χ0v) is 12.9. The van der Waals surface area contributed by atoms with Crippen molar-refractivity contribution in [2.24, 2.45) is 5.16 Å². The highest BCUT2D eigenvalue weighted by atomic mass is 16.6. The third-order valence-electron chi connectivity index (χ3n) is 3.16. The molecule has 2 rings (SSSR count). The summed E-state index contributed by atoms with van der Waals surface area (Å²) in [6, 6.07) is 15.5. The van der Waals surface area contributed by atoms with Crippen molar-refractivity contribution in [2.45, 2.75) is 19.8 Å². The molecule has 0 fully saturated rings. The van der Waals surface area contributed by atoms with E-state index in [-0.39, 0.29) is 5.90 Å². The van der Waals surface area contributed by atoms with Crippen LogP contribution in [0.5, 0.6) is 5.75 Å². The maximum atomic E-state index is 12.3. The van der Waals surface area contributed by atoms with Crippen molar-refractivity contribution >= 4 is 11.9 Å². The number of para-hydroxylation sites is 1. The number of esters is 1. The Kier molecular flexibility index (Phi) is 6.17. The minimum absolute atomic E-state index is 0.154. The maximum absolute atomic E-state index is 12.3. The van der Waals surface area contributed by atoms with Gasteiger partial charge in [0.05, 0.1) is 6.61 Å². The molecule has 0 unspecified atom stereocenters. The Morgan fingerprint density at radius 2 is 1.78 bits per heavy atom. The van der Waals surface area contributed by atoms with E-state index in [1.807, 2.05) is 6.07 Å². The fourth-order valence-electron chi connectivity index (χ4n) is 1.95. The first-order valence-corrected chi connectivity index (χ1v) is 7.47. The number of hydrogen-bond acceptors (Lipinski definition) is 5. The van der Waals surface area contributed by atoms with Gasteiger partial charge in [0.1, 0.15) is 11.3 Å². The van der Waals surface area contributed by atoms with Crippen LogP contribution in [0.15, 0.2) is 59.8 Å². The van der Waals surface area contributed by atoms with Gasteiger partial charge in [-0.25, -0.2) is 4.79 Å². The molecule has 0 spiro atoms. The van der Waals surface area contributed by atoms with Crippen LogP contribution in [0.1, 0.15) is 35.7 Å². The van der Waals surface area contributed by atoms with E-state index < -0.39 is 5.97 Å². The monoisotopic (exact) mass is 313 g/mol. The van der Waals surface area contributed by atoms with Crippen LogP contribution in [-0.4, -0.2) is 23.7 Å². The van der Waals surface area contributed by atoms with Gasteiger partial charge >= 0.3 is 5.97 Å². The van der Waals surface area contributed by atoms with Gasteiger partial charge in [0.15, 0.2) is 0 Å². The zero-order valence-electron chi connectivity index (χ0n) is 12.9. The molecule has 0 saturated heterocycles. The molecule has 0 aliphatic heterocycles. The molecule has 0 aliphatic carbocycles. The van der Waals surface area contributed by atoms with E-state index in [9.17, 15) is 4.79 Å². The van der Waals surface area contributed by atoms with Crippen molar-refractivity contribution in [1.29, 1.82) is 0 Å². The molecule has 2 aromatic rings. The van der Waals surface area contributed by atoms with Crippen LogP contribution < -0.4 is 4.74 Å². The summed E-state index contributed by atoms with van der Waals surface area (Å²) in [6.45, 7) is 2.59. The summed E-state index contributed by atoms with van der Waals surface area (Å²) in [7, 11) is 0. The van der Waals surface area contributed by atoms with Gasteiger partial charge < -0.3 is 14.7 Å². The van der Waals surface area contributed by atoms with Crippen molar-refractivity contribution in [1.82, 2.24) is 0 Å².